The van der Waals surface area contributed by atoms with Crippen molar-refractivity contribution in [1.82, 2.24) is 9.97 Å². The molecule has 4 aromatic rings. The van der Waals surface area contributed by atoms with E-state index < -0.39 is 5.82 Å². The molecular formula is C24H22FN3O3S. The normalized spacial score (nSPS) is 10.8. The minimum atomic E-state index is -0.418. The molecule has 0 unspecified atom stereocenters. The first kappa shape index (κ1) is 21.7. The van der Waals surface area contributed by atoms with Gasteiger partial charge in [0.25, 0.3) is 5.91 Å². The van der Waals surface area contributed by atoms with Crippen LogP contribution >= 0.6 is 11.3 Å². The lowest BCUT2D eigenvalue weighted by Gasteiger charge is -2.21. The summed E-state index contributed by atoms with van der Waals surface area (Å²) in [5.41, 5.74) is 1.50. The third kappa shape index (κ3) is 4.55. The van der Waals surface area contributed by atoms with Crippen molar-refractivity contribution in [3.8, 4) is 11.5 Å². The summed E-state index contributed by atoms with van der Waals surface area (Å²) in [6.07, 6.45) is 3.36. The van der Waals surface area contributed by atoms with Gasteiger partial charge in [0.05, 0.1) is 24.5 Å². The zero-order chi connectivity index (χ0) is 22.5. The van der Waals surface area contributed by atoms with Crippen LogP contribution in [-0.4, -0.2) is 29.1 Å². The monoisotopic (exact) mass is 451 g/mol. The van der Waals surface area contributed by atoms with E-state index in [9.17, 15) is 9.18 Å². The van der Waals surface area contributed by atoms with Crippen LogP contribution in [0.5, 0.6) is 11.5 Å². The van der Waals surface area contributed by atoms with Crippen LogP contribution in [0.1, 0.15) is 29.8 Å². The highest BCUT2D eigenvalue weighted by atomic mass is 32.1. The summed E-state index contributed by atoms with van der Waals surface area (Å²) in [6, 6.07) is 13.6. The van der Waals surface area contributed by atoms with Gasteiger partial charge in [-0.05, 0) is 55.8 Å². The molecular weight excluding hydrogens is 429 g/mol. The van der Waals surface area contributed by atoms with Gasteiger partial charge in [-0.2, -0.15) is 0 Å². The zero-order valence-corrected chi connectivity index (χ0v) is 18.6. The van der Waals surface area contributed by atoms with Gasteiger partial charge in [0, 0.05) is 18.0 Å². The molecule has 2 heterocycles. The Kier molecular flexibility index (Phi) is 6.61. The van der Waals surface area contributed by atoms with Crippen molar-refractivity contribution in [2.45, 2.75) is 20.4 Å². The molecule has 164 valence electrons. The topological polar surface area (TPSA) is 64.5 Å². The minimum Gasteiger partial charge on any atom is -0.490 e. The lowest BCUT2D eigenvalue weighted by atomic mass is 10.1. The van der Waals surface area contributed by atoms with E-state index in [1.54, 1.807) is 48.8 Å². The maximum atomic E-state index is 14.3. The van der Waals surface area contributed by atoms with E-state index in [-0.39, 0.29) is 18.0 Å². The van der Waals surface area contributed by atoms with E-state index in [1.807, 2.05) is 19.9 Å². The second-order valence-corrected chi connectivity index (χ2v) is 7.87. The van der Waals surface area contributed by atoms with E-state index in [1.165, 1.54) is 22.3 Å². The molecule has 6 nitrogen and oxygen atoms in total. The lowest BCUT2D eigenvalue weighted by Crippen LogP contribution is -2.30. The largest absolute Gasteiger partial charge is 0.490 e. The van der Waals surface area contributed by atoms with Crippen LogP contribution in [0, 0.1) is 5.82 Å². The number of para-hydroxylation sites is 1. The number of ether oxygens (including phenoxy) is 2. The molecule has 8 heteroatoms. The maximum absolute atomic E-state index is 14.3. The van der Waals surface area contributed by atoms with Crippen LogP contribution in [0.15, 0.2) is 60.9 Å². The molecule has 32 heavy (non-hydrogen) atoms. The van der Waals surface area contributed by atoms with Gasteiger partial charge in [0.2, 0.25) is 0 Å². The van der Waals surface area contributed by atoms with Crippen LogP contribution in [0.25, 0.3) is 10.2 Å². The zero-order valence-electron chi connectivity index (χ0n) is 17.7. The molecule has 0 saturated heterocycles. The highest BCUT2D eigenvalue weighted by Gasteiger charge is 2.24. The molecule has 0 spiro atoms. The third-order valence-electron chi connectivity index (χ3n) is 4.69. The predicted octanol–water partition coefficient (Wildman–Crippen LogP) is 5.47. The van der Waals surface area contributed by atoms with Gasteiger partial charge in [0.15, 0.2) is 16.6 Å². The molecule has 0 aliphatic heterocycles. The standard InChI is InChI=1S/C24H22FN3O3S/c1-3-30-19-11-10-17(13-20(19)31-4-2)23(29)28(15-16-7-6-12-26-14-16)24-27-22-18(25)8-5-9-21(22)32-24/h5-14H,3-4,15H2,1-2H3. The number of nitrogens with zero attached hydrogens (tertiary/aromatic N) is 3. The fraction of sp³-hybridized carbons (Fsp3) is 0.208. The fourth-order valence-electron chi connectivity index (χ4n) is 3.26. The first-order valence-electron chi connectivity index (χ1n) is 10.3. The van der Waals surface area contributed by atoms with Crippen LogP contribution in [0.3, 0.4) is 0 Å². The molecule has 0 bridgehead atoms. The summed E-state index contributed by atoms with van der Waals surface area (Å²) in [5.74, 6) is 0.374. The number of carbonyl (C=O) groups excluding carboxylic acids is 1. The summed E-state index contributed by atoms with van der Waals surface area (Å²) in [6.45, 7) is 4.92. The summed E-state index contributed by atoms with van der Waals surface area (Å²) in [4.78, 5) is 23.7. The van der Waals surface area contributed by atoms with Crippen molar-refractivity contribution in [2.24, 2.45) is 0 Å². The quantitative estimate of drug-likeness (QED) is 0.355. The Morgan fingerprint density at radius 1 is 1.06 bits per heavy atom. The number of hydrogen-bond acceptors (Lipinski definition) is 6. The van der Waals surface area contributed by atoms with Gasteiger partial charge in [-0.15, -0.1) is 0 Å². The number of carbonyl (C=O) groups is 1. The summed E-state index contributed by atoms with van der Waals surface area (Å²) < 4.78 is 26.2. The van der Waals surface area contributed by atoms with Crippen LogP contribution in [0.4, 0.5) is 9.52 Å². The van der Waals surface area contributed by atoms with Crippen molar-refractivity contribution in [1.29, 1.82) is 0 Å². The summed E-state index contributed by atoms with van der Waals surface area (Å²) in [7, 11) is 0. The van der Waals surface area contributed by atoms with Crippen molar-refractivity contribution in [2.75, 3.05) is 18.1 Å². The second-order valence-electron chi connectivity index (χ2n) is 6.86. The van der Waals surface area contributed by atoms with Crippen LogP contribution in [0.2, 0.25) is 0 Å². The number of thiazole rings is 1. The van der Waals surface area contributed by atoms with Gasteiger partial charge in [-0.25, -0.2) is 9.37 Å². The molecule has 1 amide bonds. The molecule has 2 aromatic heterocycles. The number of anilines is 1. The molecule has 0 atom stereocenters. The SMILES string of the molecule is CCOc1ccc(C(=O)N(Cc2cccnc2)c2nc3c(F)cccc3s2)cc1OCC. The number of fused-ring (bicyclic) bond motifs is 1. The Balaban J connectivity index is 1.76. The Labute approximate surface area is 189 Å². The molecule has 0 radical (unpaired) electrons. The number of halogens is 1. The van der Waals surface area contributed by atoms with Gasteiger partial charge in [-0.1, -0.05) is 23.5 Å². The minimum absolute atomic E-state index is 0.241. The molecule has 0 saturated carbocycles. The van der Waals surface area contributed by atoms with E-state index in [4.69, 9.17) is 9.47 Å². The van der Waals surface area contributed by atoms with Gasteiger partial charge >= 0.3 is 0 Å². The Morgan fingerprint density at radius 3 is 2.59 bits per heavy atom. The fourth-order valence-corrected chi connectivity index (χ4v) is 4.24. The van der Waals surface area contributed by atoms with Crippen LogP contribution < -0.4 is 14.4 Å². The van der Waals surface area contributed by atoms with E-state index in [0.29, 0.717) is 40.1 Å². The summed E-state index contributed by atoms with van der Waals surface area (Å²) >= 11 is 1.27. The van der Waals surface area contributed by atoms with Gasteiger partial charge < -0.3 is 9.47 Å². The molecule has 2 aromatic carbocycles. The average Bonchev–Trinajstić information content (AvgIpc) is 3.25. The lowest BCUT2D eigenvalue weighted by molar-refractivity contribution is 0.0984. The summed E-state index contributed by atoms with van der Waals surface area (Å²) in [5, 5.41) is 0.408. The first-order chi connectivity index (χ1) is 15.6. The van der Waals surface area contributed by atoms with Crippen molar-refractivity contribution in [3.63, 3.8) is 0 Å². The highest BCUT2D eigenvalue weighted by molar-refractivity contribution is 7.22. The molecule has 4 rings (SSSR count). The highest BCUT2D eigenvalue weighted by Crippen LogP contribution is 2.34. The maximum Gasteiger partial charge on any atom is 0.260 e. The first-order valence-corrected chi connectivity index (χ1v) is 11.1. The third-order valence-corrected chi connectivity index (χ3v) is 5.73. The van der Waals surface area contributed by atoms with Gasteiger partial charge in [0.1, 0.15) is 11.3 Å². The van der Waals surface area contributed by atoms with Crippen molar-refractivity contribution >= 4 is 32.6 Å². The molecule has 0 aliphatic rings. The Bertz CT molecular complexity index is 1230. The van der Waals surface area contributed by atoms with Crippen molar-refractivity contribution in [3.05, 3.63) is 77.9 Å². The number of amides is 1. The number of benzene rings is 2. The Hall–Kier alpha value is -3.52. The van der Waals surface area contributed by atoms with E-state index >= 15 is 0 Å². The number of hydrogen-bond donors (Lipinski definition) is 0. The number of aromatic nitrogens is 2. The predicted molar refractivity (Wildman–Crippen MR) is 123 cm³/mol. The van der Waals surface area contributed by atoms with Crippen molar-refractivity contribution < 1.29 is 18.7 Å². The Morgan fingerprint density at radius 2 is 1.88 bits per heavy atom. The number of rotatable bonds is 8. The van der Waals surface area contributed by atoms with Crippen LogP contribution in [-0.2, 0) is 6.54 Å². The van der Waals surface area contributed by atoms with E-state index in [0.717, 1.165) is 5.56 Å². The van der Waals surface area contributed by atoms with Gasteiger partial charge in [-0.3, -0.25) is 14.7 Å². The average molecular weight is 452 g/mol. The second kappa shape index (κ2) is 9.74. The smallest absolute Gasteiger partial charge is 0.260 e. The molecule has 0 fully saturated rings. The molecule has 0 aliphatic carbocycles. The molecule has 0 N–H and O–H groups in total. The van der Waals surface area contributed by atoms with E-state index in [2.05, 4.69) is 9.97 Å². The number of pyridine rings is 1.